The van der Waals surface area contributed by atoms with Crippen molar-refractivity contribution in [2.75, 3.05) is 13.1 Å². The van der Waals surface area contributed by atoms with Crippen LogP contribution in [0, 0.1) is 5.41 Å². The van der Waals surface area contributed by atoms with Gasteiger partial charge < -0.3 is 4.90 Å². The second-order valence-corrected chi connectivity index (χ2v) is 4.76. The summed E-state index contributed by atoms with van der Waals surface area (Å²) in [6.45, 7) is 14.9. The third-order valence-electron chi connectivity index (χ3n) is 1.96. The van der Waals surface area contributed by atoms with E-state index in [2.05, 4.69) is 45.2 Å². The maximum Gasteiger partial charge on any atom is 0.0406 e. The summed E-state index contributed by atoms with van der Waals surface area (Å²) in [4.78, 5) is 2.29. The van der Waals surface area contributed by atoms with E-state index < -0.39 is 0 Å². The maximum absolute atomic E-state index is 3.91. The molecule has 0 aromatic carbocycles. The van der Waals surface area contributed by atoms with E-state index in [9.17, 15) is 0 Å². The SMILES string of the molecule is C=C(C)N1CC(=CC(C)(C)C)C1. The molecule has 1 heteroatoms. The molecule has 0 aromatic heterocycles. The molecule has 0 aliphatic carbocycles. The van der Waals surface area contributed by atoms with Crippen LogP contribution in [-0.4, -0.2) is 18.0 Å². The highest BCUT2D eigenvalue weighted by atomic mass is 15.2. The van der Waals surface area contributed by atoms with Gasteiger partial charge in [0, 0.05) is 18.8 Å². The molecule has 1 aliphatic heterocycles. The van der Waals surface area contributed by atoms with E-state index in [0.29, 0.717) is 5.41 Å². The molecule has 1 nitrogen and oxygen atoms in total. The third kappa shape index (κ3) is 2.40. The fourth-order valence-corrected chi connectivity index (χ4v) is 1.42. The largest absolute Gasteiger partial charge is 0.367 e. The molecule has 0 amide bonds. The van der Waals surface area contributed by atoms with Gasteiger partial charge in [0.05, 0.1) is 0 Å². The number of hydrogen-bond acceptors (Lipinski definition) is 1. The molecule has 0 aromatic rings. The second-order valence-electron chi connectivity index (χ2n) is 4.76. The molecule has 1 rings (SSSR count). The molecular formula is C11H19N. The van der Waals surface area contributed by atoms with Gasteiger partial charge in [-0.25, -0.2) is 0 Å². The Labute approximate surface area is 75.8 Å². The predicted molar refractivity (Wildman–Crippen MR) is 53.9 cm³/mol. The predicted octanol–water partition coefficient (Wildman–Crippen LogP) is 2.81. The van der Waals surface area contributed by atoms with E-state index in [0.717, 1.165) is 13.1 Å². The van der Waals surface area contributed by atoms with Crippen molar-refractivity contribution in [2.45, 2.75) is 27.7 Å². The molecule has 0 spiro atoms. The van der Waals surface area contributed by atoms with E-state index >= 15 is 0 Å². The van der Waals surface area contributed by atoms with Gasteiger partial charge in [-0.05, 0) is 17.9 Å². The van der Waals surface area contributed by atoms with Crippen molar-refractivity contribution < 1.29 is 0 Å². The fraction of sp³-hybridized carbons (Fsp3) is 0.636. The monoisotopic (exact) mass is 165 g/mol. The summed E-state index contributed by atoms with van der Waals surface area (Å²) in [5.74, 6) is 0. The standard InChI is InChI=1S/C11H19N/c1-9(2)12-7-10(8-12)6-11(3,4)5/h6H,1,7-8H2,2-5H3. The van der Waals surface area contributed by atoms with Crippen LogP contribution in [0.4, 0.5) is 0 Å². The summed E-state index contributed by atoms with van der Waals surface area (Å²) in [5.41, 5.74) is 3.06. The highest BCUT2D eigenvalue weighted by Gasteiger charge is 2.21. The molecule has 0 unspecified atom stereocenters. The Balaban J connectivity index is 2.44. The molecule has 68 valence electrons. The minimum Gasteiger partial charge on any atom is -0.367 e. The van der Waals surface area contributed by atoms with Crippen LogP contribution in [0.15, 0.2) is 23.9 Å². The summed E-state index contributed by atoms with van der Waals surface area (Å²) < 4.78 is 0. The molecule has 1 aliphatic rings. The normalized spacial score (nSPS) is 17.3. The van der Waals surface area contributed by atoms with Crippen LogP contribution < -0.4 is 0 Å². The Hall–Kier alpha value is -0.720. The highest BCUT2D eigenvalue weighted by molar-refractivity contribution is 5.21. The van der Waals surface area contributed by atoms with E-state index in [1.54, 1.807) is 5.57 Å². The number of nitrogens with zero attached hydrogens (tertiary/aromatic N) is 1. The quantitative estimate of drug-likeness (QED) is 0.540. The minimum atomic E-state index is 0.330. The van der Waals surface area contributed by atoms with Gasteiger partial charge in [0.1, 0.15) is 0 Å². The lowest BCUT2D eigenvalue weighted by Crippen LogP contribution is -2.38. The third-order valence-corrected chi connectivity index (χ3v) is 1.96. The average Bonchev–Trinajstić information content (AvgIpc) is 1.74. The van der Waals surface area contributed by atoms with Gasteiger partial charge in [-0.15, -0.1) is 0 Å². The molecule has 12 heavy (non-hydrogen) atoms. The van der Waals surface area contributed by atoms with Crippen LogP contribution in [-0.2, 0) is 0 Å². The maximum atomic E-state index is 3.91. The Bertz CT molecular complexity index is 210. The van der Waals surface area contributed by atoms with E-state index in [4.69, 9.17) is 0 Å². The Morgan fingerprint density at radius 2 is 1.92 bits per heavy atom. The highest BCUT2D eigenvalue weighted by Crippen LogP contribution is 2.24. The molecule has 0 atom stereocenters. The number of hydrogen-bond donors (Lipinski definition) is 0. The molecule has 1 heterocycles. The van der Waals surface area contributed by atoms with Crippen molar-refractivity contribution in [1.29, 1.82) is 0 Å². The molecule has 1 saturated heterocycles. The molecule has 1 fully saturated rings. The number of likely N-dealkylation sites (tertiary alicyclic amines) is 1. The smallest absolute Gasteiger partial charge is 0.0406 e. The van der Waals surface area contributed by atoms with Crippen LogP contribution in [0.5, 0.6) is 0 Å². The first-order chi connectivity index (χ1) is 5.38. The van der Waals surface area contributed by atoms with Crippen molar-refractivity contribution >= 4 is 0 Å². The zero-order valence-electron chi connectivity index (χ0n) is 8.65. The van der Waals surface area contributed by atoms with Crippen LogP contribution in [0.3, 0.4) is 0 Å². The van der Waals surface area contributed by atoms with Gasteiger partial charge in [0.2, 0.25) is 0 Å². The van der Waals surface area contributed by atoms with Crippen LogP contribution >= 0.6 is 0 Å². The first-order valence-electron chi connectivity index (χ1n) is 4.49. The van der Waals surface area contributed by atoms with Crippen LogP contribution in [0.1, 0.15) is 27.7 Å². The van der Waals surface area contributed by atoms with E-state index in [1.165, 1.54) is 5.70 Å². The Morgan fingerprint density at radius 3 is 2.25 bits per heavy atom. The molecular weight excluding hydrogens is 146 g/mol. The molecule has 0 N–H and O–H groups in total. The summed E-state index contributed by atoms with van der Waals surface area (Å²) in [6, 6.07) is 0. The minimum absolute atomic E-state index is 0.330. The fourth-order valence-electron chi connectivity index (χ4n) is 1.42. The van der Waals surface area contributed by atoms with Gasteiger partial charge in [-0.3, -0.25) is 0 Å². The molecule has 0 saturated carbocycles. The summed E-state index contributed by atoms with van der Waals surface area (Å²) in [7, 11) is 0. The summed E-state index contributed by atoms with van der Waals surface area (Å²) in [6.07, 6.45) is 2.37. The zero-order valence-corrected chi connectivity index (χ0v) is 8.65. The number of rotatable bonds is 1. The average molecular weight is 165 g/mol. The topological polar surface area (TPSA) is 3.24 Å². The summed E-state index contributed by atoms with van der Waals surface area (Å²) >= 11 is 0. The lowest BCUT2D eigenvalue weighted by atomic mass is 9.91. The van der Waals surface area contributed by atoms with Gasteiger partial charge in [-0.2, -0.15) is 0 Å². The molecule has 0 bridgehead atoms. The van der Waals surface area contributed by atoms with Gasteiger partial charge >= 0.3 is 0 Å². The van der Waals surface area contributed by atoms with Gasteiger partial charge in [-0.1, -0.05) is 33.4 Å². The lowest BCUT2D eigenvalue weighted by molar-refractivity contribution is 0.315. The Morgan fingerprint density at radius 1 is 1.42 bits per heavy atom. The van der Waals surface area contributed by atoms with Crippen molar-refractivity contribution in [1.82, 2.24) is 4.90 Å². The van der Waals surface area contributed by atoms with Gasteiger partial charge in [0.25, 0.3) is 0 Å². The zero-order chi connectivity index (χ0) is 9.35. The first-order valence-corrected chi connectivity index (χ1v) is 4.49. The van der Waals surface area contributed by atoms with Crippen LogP contribution in [0.2, 0.25) is 0 Å². The van der Waals surface area contributed by atoms with Crippen molar-refractivity contribution in [3.63, 3.8) is 0 Å². The van der Waals surface area contributed by atoms with Crippen LogP contribution in [0.25, 0.3) is 0 Å². The second kappa shape index (κ2) is 2.96. The van der Waals surface area contributed by atoms with E-state index in [1.807, 2.05) is 0 Å². The summed E-state index contributed by atoms with van der Waals surface area (Å²) in [5, 5.41) is 0. The Kier molecular flexibility index (Phi) is 2.31. The van der Waals surface area contributed by atoms with Gasteiger partial charge in [0.15, 0.2) is 0 Å². The van der Waals surface area contributed by atoms with Crippen molar-refractivity contribution in [2.24, 2.45) is 5.41 Å². The number of allylic oxidation sites excluding steroid dienone is 2. The van der Waals surface area contributed by atoms with Crippen molar-refractivity contribution in [3.05, 3.63) is 23.9 Å². The first kappa shape index (κ1) is 9.37. The van der Waals surface area contributed by atoms with E-state index in [-0.39, 0.29) is 0 Å². The molecule has 0 radical (unpaired) electrons. The lowest BCUT2D eigenvalue weighted by Gasteiger charge is -2.37. The van der Waals surface area contributed by atoms with Crippen molar-refractivity contribution in [3.8, 4) is 0 Å².